The summed E-state index contributed by atoms with van der Waals surface area (Å²) in [4.78, 5) is 31.1. The lowest BCUT2D eigenvalue weighted by atomic mass is 10.0. The van der Waals surface area contributed by atoms with Crippen LogP contribution in [0, 0.1) is 18.8 Å². The molecule has 0 radical (unpaired) electrons. The zero-order chi connectivity index (χ0) is 18.3. The average molecular weight is 372 g/mol. The minimum atomic E-state index is 0.235. The summed E-state index contributed by atoms with van der Waals surface area (Å²) in [5.74, 6) is 2.75. The van der Waals surface area contributed by atoms with Crippen LogP contribution in [0.15, 0.2) is 18.6 Å². The Balaban J connectivity index is 1.36. The standard InChI is InChI=1S/C19H25N5OS/c1-12(2)17-5-18(22-11-21-17)23-7-14-9-24(10-15(14)8-23)19(25)4-16-6-20-13(3)26-16/h5-6,11-12,14-15H,4,7-10H2,1-3H3. The number of amides is 1. The van der Waals surface area contributed by atoms with E-state index >= 15 is 0 Å². The topological polar surface area (TPSA) is 62.2 Å². The second-order valence-electron chi connectivity index (χ2n) is 7.70. The van der Waals surface area contributed by atoms with E-state index in [1.165, 1.54) is 0 Å². The van der Waals surface area contributed by atoms with Crippen molar-refractivity contribution in [3.63, 3.8) is 0 Å². The number of anilines is 1. The van der Waals surface area contributed by atoms with Gasteiger partial charge in [0.1, 0.15) is 12.1 Å². The van der Waals surface area contributed by atoms with Crippen LogP contribution in [0.1, 0.15) is 35.3 Å². The number of fused-ring (bicyclic) bond motifs is 1. The third kappa shape index (κ3) is 3.45. The first-order chi connectivity index (χ1) is 12.5. The van der Waals surface area contributed by atoms with E-state index in [2.05, 4.69) is 39.8 Å². The summed E-state index contributed by atoms with van der Waals surface area (Å²) in [6.07, 6.45) is 3.99. The first-order valence-corrected chi connectivity index (χ1v) is 10.1. The van der Waals surface area contributed by atoms with Crippen molar-refractivity contribution in [3.8, 4) is 0 Å². The Morgan fingerprint density at radius 1 is 1.19 bits per heavy atom. The lowest BCUT2D eigenvalue weighted by Crippen LogP contribution is -2.34. The Morgan fingerprint density at radius 3 is 2.54 bits per heavy atom. The van der Waals surface area contributed by atoms with Crippen molar-refractivity contribution < 1.29 is 4.79 Å². The van der Waals surface area contributed by atoms with Gasteiger partial charge in [-0.15, -0.1) is 11.3 Å². The first kappa shape index (κ1) is 17.4. The van der Waals surface area contributed by atoms with Crippen molar-refractivity contribution in [2.75, 3.05) is 31.1 Å². The van der Waals surface area contributed by atoms with Gasteiger partial charge in [-0.25, -0.2) is 15.0 Å². The molecule has 0 spiro atoms. The molecule has 0 N–H and O–H groups in total. The molecule has 0 aliphatic carbocycles. The van der Waals surface area contributed by atoms with Crippen molar-refractivity contribution in [2.24, 2.45) is 11.8 Å². The molecule has 26 heavy (non-hydrogen) atoms. The fraction of sp³-hybridized carbons (Fsp3) is 0.579. The van der Waals surface area contributed by atoms with Gasteiger partial charge in [0, 0.05) is 60.8 Å². The maximum Gasteiger partial charge on any atom is 0.227 e. The summed E-state index contributed by atoms with van der Waals surface area (Å²) < 4.78 is 0. The molecular weight excluding hydrogens is 346 g/mol. The van der Waals surface area contributed by atoms with E-state index in [9.17, 15) is 4.79 Å². The highest BCUT2D eigenvalue weighted by Crippen LogP contribution is 2.34. The molecule has 2 aromatic rings. The largest absolute Gasteiger partial charge is 0.356 e. The fourth-order valence-electron chi connectivity index (χ4n) is 3.98. The SMILES string of the molecule is Cc1ncc(CC(=O)N2CC3CN(c4cc(C(C)C)ncn4)CC3C2)s1. The molecule has 0 aromatic carbocycles. The van der Waals surface area contributed by atoms with Gasteiger partial charge in [-0.05, 0) is 12.8 Å². The summed E-state index contributed by atoms with van der Waals surface area (Å²) in [5, 5.41) is 1.02. The highest BCUT2D eigenvalue weighted by atomic mass is 32.1. The number of hydrogen-bond donors (Lipinski definition) is 0. The lowest BCUT2D eigenvalue weighted by molar-refractivity contribution is -0.129. The van der Waals surface area contributed by atoms with Crippen molar-refractivity contribution >= 4 is 23.1 Å². The predicted molar refractivity (Wildman–Crippen MR) is 102 cm³/mol. The van der Waals surface area contributed by atoms with Crippen LogP contribution in [-0.4, -0.2) is 51.9 Å². The van der Waals surface area contributed by atoms with Gasteiger partial charge >= 0.3 is 0 Å². The smallest absolute Gasteiger partial charge is 0.227 e. The Labute approximate surface area is 158 Å². The maximum absolute atomic E-state index is 12.6. The van der Waals surface area contributed by atoms with Crippen LogP contribution in [0.5, 0.6) is 0 Å². The molecule has 2 saturated heterocycles. The van der Waals surface area contributed by atoms with E-state index in [1.807, 2.05) is 18.0 Å². The van der Waals surface area contributed by atoms with Gasteiger partial charge in [-0.2, -0.15) is 0 Å². The van der Waals surface area contributed by atoms with Crippen LogP contribution in [-0.2, 0) is 11.2 Å². The number of thiazole rings is 1. The number of rotatable bonds is 4. The number of carbonyl (C=O) groups excluding carboxylic acids is 1. The minimum Gasteiger partial charge on any atom is -0.356 e. The fourth-order valence-corrected chi connectivity index (χ4v) is 4.77. The van der Waals surface area contributed by atoms with Gasteiger partial charge in [-0.1, -0.05) is 13.8 Å². The molecule has 0 bridgehead atoms. The number of hydrogen-bond acceptors (Lipinski definition) is 6. The average Bonchev–Trinajstić information content (AvgIpc) is 3.29. The van der Waals surface area contributed by atoms with Crippen molar-refractivity contribution in [3.05, 3.63) is 34.2 Å². The summed E-state index contributed by atoms with van der Waals surface area (Å²) in [6, 6.07) is 2.11. The van der Waals surface area contributed by atoms with Crippen LogP contribution in [0.4, 0.5) is 5.82 Å². The van der Waals surface area contributed by atoms with E-state index in [-0.39, 0.29) is 5.91 Å². The second-order valence-corrected chi connectivity index (χ2v) is 9.02. The molecule has 2 atom stereocenters. The summed E-state index contributed by atoms with van der Waals surface area (Å²) >= 11 is 1.62. The van der Waals surface area contributed by atoms with E-state index < -0.39 is 0 Å². The van der Waals surface area contributed by atoms with Gasteiger partial charge < -0.3 is 9.80 Å². The second kappa shape index (κ2) is 6.95. The van der Waals surface area contributed by atoms with Crippen LogP contribution in [0.25, 0.3) is 0 Å². The molecule has 7 heteroatoms. The molecule has 4 rings (SSSR count). The van der Waals surface area contributed by atoms with Crippen molar-refractivity contribution in [2.45, 2.75) is 33.1 Å². The predicted octanol–water partition coefficient (Wildman–Crippen LogP) is 2.50. The third-order valence-corrected chi connectivity index (χ3v) is 6.34. The lowest BCUT2D eigenvalue weighted by Gasteiger charge is -2.22. The quantitative estimate of drug-likeness (QED) is 0.826. The highest BCUT2D eigenvalue weighted by Gasteiger charge is 2.42. The van der Waals surface area contributed by atoms with E-state index in [4.69, 9.17) is 0 Å². The number of likely N-dealkylation sites (tertiary alicyclic amines) is 1. The minimum absolute atomic E-state index is 0.235. The molecule has 2 aliphatic rings. The monoisotopic (exact) mass is 371 g/mol. The normalized spacial score (nSPS) is 22.3. The molecule has 138 valence electrons. The number of aromatic nitrogens is 3. The molecular formula is C19H25N5OS. The molecule has 2 aliphatic heterocycles. The zero-order valence-corrected chi connectivity index (χ0v) is 16.4. The van der Waals surface area contributed by atoms with E-state index in [1.54, 1.807) is 17.7 Å². The molecule has 2 aromatic heterocycles. The molecule has 2 fully saturated rings. The molecule has 0 saturated carbocycles. The summed E-state index contributed by atoms with van der Waals surface area (Å²) in [5.41, 5.74) is 1.09. The first-order valence-electron chi connectivity index (χ1n) is 9.25. The van der Waals surface area contributed by atoms with Crippen molar-refractivity contribution in [1.82, 2.24) is 19.9 Å². The maximum atomic E-state index is 12.6. The van der Waals surface area contributed by atoms with Gasteiger partial charge in [0.05, 0.1) is 11.4 Å². The molecule has 6 nitrogen and oxygen atoms in total. The molecule has 4 heterocycles. The Bertz CT molecular complexity index is 791. The third-order valence-electron chi connectivity index (χ3n) is 5.42. The Kier molecular flexibility index (Phi) is 4.65. The Hall–Kier alpha value is -2.02. The molecule has 1 amide bonds. The van der Waals surface area contributed by atoms with Crippen LogP contribution in [0.3, 0.4) is 0 Å². The summed E-state index contributed by atoms with van der Waals surface area (Å²) in [6.45, 7) is 9.95. The van der Waals surface area contributed by atoms with Crippen LogP contribution in [0.2, 0.25) is 0 Å². The molecule has 2 unspecified atom stereocenters. The Morgan fingerprint density at radius 2 is 1.92 bits per heavy atom. The van der Waals surface area contributed by atoms with Gasteiger partial charge in [0.25, 0.3) is 0 Å². The zero-order valence-electron chi connectivity index (χ0n) is 15.6. The highest BCUT2D eigenvalue weighted by molar-refractivity contribution is 7.11. The van der Waals surface area contributed by atoms with E-state index in [0.29, 0.717) is 24.2 Å². The van der Waals surface area contributed by atoms with Gasteiger partial charge in [0.2, 0.25) is 5.91 Å². The number of nitrogens with zero attached hydrogens (tertiary/aromatic N) is 5. The van der Waals surface area contributed by atoms with Crippen LogP contribution < -0.4 is 4.90 Å². The number of carbonyl (C=O) groups is 1. The van der Waals surface area contributed by atoms with Gasteiger partial charge in [0.15, 0.2) is 0 Å². The number of aryl methyl sites for hydroxylation is 1. The van der Waals surface area contributed by atoms with E-state index in [0.717, 1.165) is 47.6 Å². The van der Waals surface area contributed by atoms with Crippen molar-refractivity contribution in [1.29, 1.82) is 0 Å². The summed E-state index contributed by atoms with van der Waals surface area (Å²) in [7, 11) is 0. The van der Waals surface area contributed by atoms with Gasteiger partial charge in [-0.3, -0.25) is 4.79 Å². The van der Waals surface area contributed by atoms with Crippen LogP contribution >= 0.6 is 11.3 Å².